The number of methoxy groups -OCH3 is 1. The third-order valence-electron chi connectivity index (χ3n) is 2.48. The SMILES string of the molecule is COc1ccccc1C(=O)Oc1cccc(ON)c1. The average molecular weight is 259 g/mol. The van der Waals surface area contributed by atoms with Gasteiger partial charge in [0.2, 0.25) is 0 Å². The van der Waals surface area contributed by atoms with Gasteiger partial charge in [0.1, 0.15) is 17.1 Å². The van der Waals surface area contributed by atoms with Crippen molar-refractivity contribution >= 4 is 5.97 Å². The van der Waals surface area contributed by atoms with Crippen molar-refractivity contribution in [2.75, 3.05) is 7.11 Å². The second-order valence-electron chi connectivity index (χ2n) is 3.68. The second kappa shape index (κ2) is 5.88. The molecule has 0 amide bonds. The monoisotopic (exact) mass is 259 g/mol. The van der Waals surface area contributed by atoms with Crippen LogP contribution in [0.5, 0.6) is 17.2 Å². The Kier molecular flexibility index (Phi) is 4.00. The molecule has 0 bridgehead atoms. The molecule has 0 aliphatic carbocycles. The van der Waals surface area contributed by atoms with E-state index >= 15 is 0 Å². The predicted molar refractivity (Wildman–Crippen MR) is 69.2 cm³/mol. The molecule has 0 unspecified atom stereocenters. The van der Waals surface area contributed by atoms with Crippen molar-refractivity contribution in [3.63, 3.8) is 0 Å². The van der Waals surface area contributed by atoms with Crippen LogP contribution in [0.2, 0.25) is 0 Å². The minimum absolute atomic E-state index is 0.346. The molecule has 0 heterocycles. The highest BCUT2D eigenvalue weighted by Gasteiger charge is 2.14. The van der Waals surface area contributed by atoms with Gasteiger partial charge in [0.15, 0.2) is 5.75 Å². The Balaban J connectivity index is 2.20. The number of hydrogen-bond acceptors (Lipinski definition) is 5. The summed E-state index contributed by atoms with van der Waals surface area (Å²) in [6.07, 6.45) is 0. The molecule has 0 saturated heterocycles. The molecule has 0 aliphatic rings. The molecular weight excluding hydrogens is 246 g/mol. The number of para-hydroxylation sites is 1. The lowest BCUT2D eigenvalue weighted by molar-refractivity contribution is 0.0731. The molecule has 5 heteroatoms. The van der Waals surface area contributed by atoms with E-state index in [2.05, 4.69) is 4.84 Å². The Hall–Kier alpha value is -2.53. The minimum Gasteiger partial charge on any atom is -0.496 e. The van der Waals surface area contributed by atoms with Gasteiger partial charge in [-0.25, -0.2) is 4.79 Å². The summed E-state index contributed by atoms with van der Waals surface area (Å²) in [4.78, 5) is 16.6. The Bertz CT molecular complexity index is 583. The first-order valence-corrected chi connectivity index (χ1v) is 5.56. The molecule has 19 heavy (non-hydrogen) atoms. The quantitative estimate of drug-likeness (QED) is 0.517. The largest absolute Gasteiger partial charge is 0.496 e. The number of nitrogens with two attached hydrogens (primary N) is 1. The van der Waals surface area contributed by atoms with Crippen molar-refractivity contribution in [2.24, 2.45) is 5.90 Å². The number of rotatable bonds is 4. The van der Waals surface area contributed by atoms with Gasteiger partial charge >= 0.3 is 5.97 Å². The van der Waals surface area contributed by atoms with Crippen LogP contribution in [-0.4, -0.2) is 13.1 Å². The van der Waals surface area contributed by atoms with E-state index in [0.29, 0.717) is 22.8 Å². The molecule has 2 rings (SSSR count). The first kappa shape index (κ1) is 12.9. The Morgan fingerprint density at radius 3 is 2.53 bits per heavy atom. The molecule has 2 aromatic rings. The zero-order chi connectivity index (χ0) is 13.7. The molecule has 0 saturated carbocycles. The highest BCUT2D eigenvalue weighted by atomic mass is 16.6. The molecule has 0 radical (unpaired) electrons. The van der Waals surface area contributed by atoms with Gasteiger partial charge in [-0.3, -0.25) is 0 Å². The lowest BCUT2D eigenvalue weighted by Gasteiger charge is -2.08. The second-order valence-corrected chi connectivity index (χ2v) is 3.68. The van der Waals surface area contributed by atoms with Crippen LogP contribution in [0.25, 0.3) is 0 Å². The van der Waals surface area contributed by atoms with Gasteiger partial charge in [0.25, 0.3) is 0 Å². The molecule has 0 spiro atoms. The number of hydrogen-bond donors (Lipinski definition) is 1. The third-order valence-corrected chi connectivity index (χ3v) is 2.48. The lowest BCUT2D eigenvalue weighted by Crippen LogP contribution is -2.10. The molecular formula is C14H13NO4. The van der Waals surface area contributed by atoms with E-state index < -0.39 is 5.97 Å². The zero-order valence-electron chi connectivity index (χ0n) is 10.3. The Morgan fingerprint density at radius 1 is 1.05 bits per heavy atom. The minimum atomic E-state index is -0.508. The van der Waals surface area contributed by atoms with Crippen molar-refractivity contribution < 1.29 is 19.1 Å². The topological polar surface area (TPSA) is 70.8 Å². The summed E-state index contributed by atoms with van der Waals surface area (Å²) in [5.74, 6) is 5.75. The molecule has 2 N–H and O–H groups in total. The molecule has 0 aliphatic heterocycles. The molecule has 98 valence electrons. The first-order valence-electron chi connectivity index (χ1n) is 5.56. The summed E-state index contributed by atoms with van der Waals surface area (Å²) in [5, 5.41) is 0. The van der Waals surface area contributed by atoms with Crippen LogP contribution < -0.4 is 20.2 Å². The normalized spacial score (nSPS) is 9.79. The number of benzene rings is 2. The molecule has 2 aromatic carbocycles. The van der Waals surface area contributed by atoms with Crippen LogP contribution in [-0.2, 0) is 0 Å². The van der Waals surface area contributed by atoms with Gasteiger partial charge in [-0.05, 0) is 24.3 Å². The van der Waals surface area contributed by atoms with E-state index in [-0.39, 0.29) is 0 Å². The molecule has 0 aromatic heterocycles. The van der Waals surface area contributed by atoms with Gasteiger partial charge < -0.3 is 14.3 Å². The van der Waals surface area contributed by atoms with Crippen molar-refractivity contribution in [3.05, 3.63) is 54.1 Å². The van der Waals surface area contributed by atoms with E-state index in [9.17, 15) is 4.79 Å². The lowest BCUT2D eigenvalue weighted by atomic mass is 10.2. The van der Waals surface area contributed by atoms with E-state index in [4.69, 9.17) is 15.4 Å². The first-order chi connectivity index (χ1) is 9.24. The fourth-order valence-corrected chi connectivity index (χ4v) is 1.59. The number of esters is 1. The summed E-state index contributed by atoms with van der Waals surface area (Å²) in [6.45, 7) is 0. The van der Waals surface area contributed by atoms with Crippen molar-refractivity contribution in [3.8, 4) is 17.2 Å². The van der Waals surface area contributed by atoms with E-state index in [1.165, 1.54) is 13.2 Å². The maximum atomic E-state index is 12.0. The number of carbonyl (C=O) groups excluding carboxylic acids is 1. The fourth-order valence-electron chi connectivity index (χ4n) is 1.59. The number of ether oxygens (including phenoxy) is 2. The van der Waals surface area contributed by atoms with Crippen molar-refractivity contribution in [1.29, 1.82) is 0 Å². The van der Waals surface area contributed by atoms with Crippen LogP contribution in [0.4, 0.5) is 0 Å². The van der Waals surface area contributed by atoms with E-state index in [0.717, 1.165) is 0 Å². The highest BCUT2D eigenvalue weighted by Crippen LogP contribution is 2.22. The van der Waals surface area contributed by atoms with Crippen LogP contribution in [0.3, 0.4) is 0 Å². The summed E-state index contributed by atoms with van der Waals surface area (Å²) < 4.78 is 10.3. The zero-order valence-corrected chi connectivity index (χ0v) is 10.3. The van der Waals surface area contributed by atoms with Crippen LogP contribution in [0.1, 0.15) is 10.4 Å². The maximum absolute atomic E-state index is 12.0. The van der Waals surface area contributed by atoms with Gasteiger partial charge in [0.05, 0.1) is 7.11 Å². The van der Waals surface area contributed by atoms with Crippen LogP contribution in [0, 0.1) is 0 Å². The van der Waals surface area contributed by atoms with Crippen molar-refractivity contribution in [1.82, 2.24) is 0 Å². The highest BCUT2D eigenvalue weighted by molar-refractivity contribution is 5.94. The standard InChI is InChI=1S/C14H13NO4/c1-17-13-8-3-2-7-12(13)14(16)18-10-5-4-6-11(9-10)19-15/h2-9H,15H2,1H3. The van der Waals surface area contributed by atoms with Gasteiger partial charge in [0, 0.05) is 6.07 Å². The van der Waals surface area contributed by atoms with Gasteiger partial charge in [-0.15, -0.1) is 0 Å². The Morgan fingerprint density at radius 2 is 1.79 bits per heavy atom. The van der Waals surface area contributed by atoms with E-state index in [1.807, 2.05) is 0 Å². The van der Waals surface area contributed by atoms with Crippen LogP contribution >= 0.6 is 0 Å². The summed E-state index contributed by atoms with van der Waals surface area (Å²) in [5.41, 5.74) is 0.351. The Labute approximate surface area is 110 Å². The maximum Gasteiger partial charge on any atom is 0.347 e. The number of carbonyl (C=O) groups is 1. The summed E-state index contributed by atoms with van der Waals surface area (Å²) >= 11 is 0. The molecule has 0 fully saturated rings. The smallest absolute Gasteiger partial charge is 0.347 e. The molecule has 0 atom stereocenters. The predicted octanol–water partition coefficient (Wildman–Crippen LogP) is 2.17. The van der Waals surface area contributed by atoms with Crippen LogP contribution in [0.15, 0.2) is 48.5 Å². The van der Waals surface area contributed by atoms with E-state index in [1.54, 1.807) is 42.5 Å². The van der Waals surface area contributed by atoms with Gasteiger partial charge in [-0.1, -0.05) is 18.2 Å². The third kappa shape index (κ3) is 3.02. The average Bonchev–Trinajstić information content (AvgIpc) is 2.47. The molecule has 5 nitrogen and oxygen atoms in total. The summed E-state index contributed by atoms with van der Waals surface area (Å²) in [7, 11) is 1.50. The fraction of sp³-hybridized carbons (Fsp3) is 0.0714. The van der Waals surface area contributed by atoms with Gasteiger partial charge in [-0.2, -0.15) is 5.90 Å². The van der Waals surface area contributed by atoms with Crippen molar-refractivity contribution in [2.45, 2.75) is 0 Å². The summed E-state index contributed by atoms with van der Waals surface area (Å²) in [6, 6.07) is 13.3.